The smallest absolute Gasteiger partial charge is 0.407 e. The van der Waals surface area contributed by atoms with Gasteiger partial charge in [0, 0.05) is 6.54 Å². The maximum atomic E-state index is 12.3. The number of ether oxygens (including phenoxy) is 1. The number of nitrogens with two attached hydrogens (primary N) is 1. The van der Waals surface area contributed by atoms with E-state index in [0.717, 1.165) is 0 Å². The number of hydrogen-bond donors (Lipinski definition) is 4. The SMILES string of the molecule is CC(C)(C)OC(=O)NCCC[C@H](NC(=O)c1ccccc1C(=O)O)C(N)=O. The Labute approximate surface area is 157 Å². The van der Waals surface area contributed by atoms with Crippen LogP contribution in [-0.2, 0) is 9.53 Å². The minimum atomic E-state index is -1.25. The Balaban J connectivity index is 2.60. The lowest BCUT2D eigenvalue weighted by Crippen LogP contribution is -2.45. The molecule has 1 atom stereocenters. The molecule has 148 valence electrons. The fraction of sp³-hybridized carbons (Fsp3) is 0.444. The lowest BCUT2D eigenvalue weighted by Gasteiger charge is -2.20. The third kappa shape index (κ3) is 7.76. The van der Waals surface area contributed by atoms with Crippen LogP contribution in [0.15, 0.2) is 24.3 Å². The molecule has 0 saturated heterocycles. The van der Waals surface area contributed by atoms with Crippen LogP contribution in [0.5, 0.6) is 0 Å². The molecule has 27 heavy (non-hydrogen) atoms. The maximum Gasteiger partial charge on any atom is 0.407 e. The first kappa shape index (κ1) is 21.9. The van der Waals surface area contributed by atoms with E-state index < -0.39 is 35.5 Å². The molecule has 0 bridgehead atoms. The van der Waals surface area contributed by atoms with Gasteiger partial charge in [-0.1, -0.05) is 12.1 Å². The van der Waals surface area contributed by atoms with Gasteiger partial charge in [0.2, 0.25) is 5.91 Å². The Bertz CT molecular complexity index is 711. The van der Waals surface area contributed by atoms with E-state index in [1.54, 1.807) is 20.8 Å². The molecule has 1 rings (SSSR count). The van der Waals surface area contributed by atoms with Crippen molar-refractivity contribution >= 4 is 23.9 Å². The molecule has 0 aliphatic rings. The third-order valence-corrected chi connectivity index (χ3v) is 3.39. The number of aromatic carboxylic acids is 1. The first-order chi connectivity index (χ1) is 12.5. The zero-order valence-electron chi connectivity index (χ0n) is 15.6. The van der Waals surface area contributed by atoms with Gasteiger partial charge in [-0.25, -0.2) is 9.59 Å². The molecule has 0 aromatic heterocycles. The van der Waals surface area contributed by atoms with Crippen molar-refractivity contribution in [1.82, 2.24) is 10.6 Å². The van der Waals surface area contributed by atoms with E-state index >= 15 is 0 Å². The van der Waals surface area contributed by atoms with Crippen molar-refractivity contribution in [1.29, 1.82) is 0 Å². The maximum absolute atomic E-state index is 12.3. The molecule has 0 aliphatic carbocycles. The summed E-state index contributed by atoms with van der Waals surface area (Å²) >= 11 is 0. The number of rotatable bonds is 8. The summed E-state index contributed by atoms with van der Waals surface area (Å²) in [6.07, 6.45) is -0.0580. The summed E-state index contributed by atoms with van der Waals surface area (Å²) in [6.45, 7) is 5.43. The average molecular weight is 379 g/mol. The number of carbonyl (C=O) groups is 4. The first-order valence-corrected chi connectivity index (χ1v) is 8.40. The fourth-order valence-corrected chi connectivity index (χ4v) is 2.20. The highest BCUT2D eigenvalue weighted by Crippen LogP contribution is 2.10. The number of hydrogen-bond acceptors (Lipinski definition) is 5. The Morgan fingerprint density at radius 3 is 2.26 bits per heavy atom. The number of primary amides is 1. The van der Waals surface area contributed by atoms with Crippen molar-refractivity contribution in [2.75, 3.05) is 6.54 Å². The van der Waals surface area contributed by atoms with Crippen LogP contribution in [0.25, 0.3) is 0 Å². The highest BCUT2D eigenvalue weighted by atomic mass is 16.6. The number of amides is 3. The highest BCUT2D eigenvalue weighted by molar-refractivity contribution is 6.05. The van der Waals surface area contributed by atoms with Gasteiger partial charge in [0.05, 0.1) is 11.1 Å². The van der Waals surface area contributed by atoms with Gasteiger partial charge < -0.3 is 26.2 Å². The van der Waals surface area contributed by atoms with Crippen molar-refractivity contribution in [3.8, 4) is 0 Å². The minimum Gasteiger partial charge on any atom is -0.478 e. The molecule has 1 aromatic carbocycles. The van der Waals surface area contributed by atoms with Gasteiger partial charge >= 0.3 is 12.1 Å². The predicted molar refractivity (Wildman–Crippen MR) is 97.3 cm³/mol. The van der Waals surface area contributed by atoms with Crippen molar-refractivity contribution in [3.05, 3.63) is 35.4 Å². The van der Waals surface area contributed by atoms with E-state index in [1.165, 1.54) is 24.3 Å². The standard InChI is InChI=1S/C18H25N3O6/c1-18(2,3)27-17(26)20-10-6-9-13(14(19)22)21-15(23)11-7-4-5-8-12(11)16(24)25/h4-5,7-8,13H,6,9-10H2,1-3H3,(H2,19,22)(H,20,26)(H,21,23)(H,24,25)/t13-/m0/s1. The van der Waals surface area contributed by atoms with E-state index in [2.05, 4.69) is 10.6 Å². The molecule has 0 spiro atoms. The number of benzene rings is 1. The lowest BCUT2D eigenvalue weighted by atomic mass is 10.1. The van der Waals surface area contributed by atoms with Gasteiger partial charge in [0.25, 0.3) is 5.91 Å². The molecule has 0 radical (unpaired) electrons. The molecule has 0 saturated carbocycles. The average Bonchev–Trinajstić information content (AvgIpc) is 2.55. The molecule has 1 aromatic rings. The molecular weight excluding hydrogens is 354 g/mol. The van der Waals surface area contributed by atoms with Crippen LogP contribution in [0.1, 0.15) is 54.3 Å². The molecular formula is C18H25N3O6. The van der Waals surface area contributed by atoms with Crippen LogP contribution >= 0.6 is 0 Å². The van der Waals surface area contributed by atoms with Gasteiger partial charge in [-0.15, -0.1) is 0 Å². The van der Waals surface area contributed by atoms with Crippen LogP contribution in [0.4, 0.5) is 4.79 Å². The number of carbonyl (C=O) groups excluding carboxylic acids is 3. The molecule has 0 aliphatic heterocycles. The van der Waals surface area contributed by atoms with Crippen molar-refractivity contribution in [3.63, 3.8) is 0 Å². The largest absolute Gasteiger partial charge is 0.478 e. The van der Waals surface area contributed by atoms with E-state index in [9.17, 15) is 19.2 Å². The Kier molecular flexibility index (Phi) is 7.77. The van der Waals surface area contributed by atoms with Gasteiger partial charge in [-0.2, -0.15) is 0 Å². The Hall–Kier alpha value is -3.10. The number of carboxylic acid groups (broad SMARTS) is 1. The highest BCUT2D eigenvalue weighted by Gasteiger charge is 2.22. The second-order valence-corrected chi connectivity index (χ2v) is 6.85. The van der Waals surface area contributed by atoms with E-state index in [-0.39, 0.29) is 24.1 Å². The van der Waals surface area contributed by atoms with E-state index in [4.69, 9.17) is 15.6 Å². The summed E-state index contributed by atoms with van der Waals surface area (Å²) < 4.78 is 5.08. The molecule has 3 amide bonds. The summed E-state index contributed by atoms with van der Waals surface area (Å²) in [5.74, 6) is -2.72. The quantitative estimate of drug-likeness (QED) is 0.500. The topological polar surface area (TPSA) is 148 Å². The van der Waals surface area contributed by atoms with Crippen LogP contribution in [0.3, 0.4) is 0 Å². The molecule has 9 heteroatoms. The third-order valence-electron chi connectivity index (χ3n) is 3.39. The van der Waals surface area contributed by atoms with Crippen LogP contribution in [0.2, 0.25) is 0 Å². The molecule has 0 fully saturated rings. The van der Waals surface area contributed by atoms with Crippen molar-refractivity contribution in [2.24, 2.45) is 5.73 Å². The summed E-state index contributed by atoms with van der Waals surface area (Å²) in [5.41, 5.74) is 4.44. The molecule has 5 N–H and O–H groups in total. The summed E-state index contributed by atoms with van der Waals surface area (Å²) in [6, 6.07) is 4.65. The van der Waals surface area contributed by atoms with E-state index in [0.29, 0.717) is 6.42 Å². The monoisotopic (exact) mass is 379 g/mol. The minimum absolute atomic E-state index is 0.0665. The number of nitrogens with one attached hydrogen (secondary N) is 2. The number of carboxylic acids is 1. The normalized spacial score (nSPS) is 12.0. The van der Waals surface area contributed by atoms with Crippen LogP contribution < -0.4 is 16.4 Å². The van der Waals surface area contributed by atoms with Gasteiger partial charge in [0.1, 0.15) is 11.6 Å². The van der Waals surface area contributed by atoms with Gasteiger partial charge in [-0.3, -0.25) is 9.59 Å². The molecule has 9 nitrogen and oxygen atoms in total. The first-order valence-electron chi connectivity index (χ1n) is 8.40. The summed E-state index contributed by atoms with van der Waals surface area (Å²) in [5, 5.41) is 14.1. The fourth-order valence-electron chi connectivity index (χ4n) is 2.20. The summed E-state index contributed by atoms with van der Waals surface area (Å²) in [7, 11) is 0. The van der Waals surface area contributed by atoms with Crippen molar-refractivity contribution in [2.45, 2.75) is 45.3 Å². The Morgan fingerprint density at radius 1 is 1.15 bits per heavy atom. The molecule has 0 unspecified atom stereocenters. The van der Waals surface area contributed by atoms with Crippen LogP contribution in [0, 0.1) is 0 Å². The van der Waals surface area contributed by atoms with Gasteiger partial charge in [0.15, 0.2) is 0 Å². The van der Waals surface area contributed by atoms with Crippen LogP contribution in [-0.4, -0.2) is 47.2 Å². The predicted octanol–water partition coefficient (Wildman–Crippen LogP) is 1.27. The number of alkyl carbamates (subject to hydrolysis) is 1. The second-order valence-electron chi connectivity index (χ2n) is 6.85. The summed E-state index contributed by atoms with van der Waals surface area (Å²) in [4.78, 5) is 46.6. The Morgan fingerprint density at radius 2 is 1.74 bits per heavy atom. The molecule has 0 heterocycles. The van der Waals surface area contributed by atoms with Crippen molar-refractivity contribution < 1.29 is 29.0 Å². The zero-order valence-corrected chi connectivity index (χ0v) is 15.6. The second kappa shape index (κ2) is 9.56. The van der Waals surface area contributed by atoms with E-state index in [1.807, 2.05) is 0 Å². The lowest BCUT2D eigenvalue weighted by molar-refractivity contribution is -0.120. The zero-order chi connectivity index (χ0) is 20.6. The van der Waals surface area contributed by atoms with Gasteiger partial charge in [-0.05, 0) is 45.7 Å².